The highest BCUT2D eigenvalue weighted by atomic mass is 19.1. The summed E-state index contributed by atoms with van der Waals surface area (Å²) >= 11 is 0. The van der Waals surface area contributed by atoms with Gasteiger partial charge in [0.2, 0.25) is 5.91 Å². The molecule has 1 aliphatic carbocycles. The number of hydrogen-bond donors (Lipinski definition) is 2. The van der Waals surface area contributed by atoms with Crippen molar-refractivity contribution < 1.29 is 18.7 Å². The molecule has 9 heteroatoms. The first-order valence-electron chi connectivity index (χ1n) is 14.8. The fraction of sp³-hybridized carbons (Fsp3) is 0.424. The third-order valence-corrected chi connectivity index (χ3v) is 8.50. The van der Waals surface area contributed by atoms with Crippen LogP contribution in [0.25, 0.3) is 0 Å². The van der Waals surface area contributed by atoms with Gasteiger partial charge in [-0.25, -0.2) is 4.39 Å². The predicted molar refractivity (Wildman–Crippen MR) is 159 cm³/mol. The number of methoxy groups -OCH3 is 1. The van der Waals surface area contributed by atoms with Crippen molar-refractivity contribution in [3.63, 3.8) is 0 Å². The van der Waals surface area contributed by atoms with E-state index in [0.29, 0.717) is 38.0 Å². The van der Waals surface area contributed by atoms with E-state index in [-0.39, 0.29) is 35.8 Å². The van der Waals surface area contributed by atoms with Crippen LogP contribution in [0.3, 0.4) is 0 Å². The molecule has 2 amide bonds. The summed E-state index contributed by atoms with van der Waals surface area (Å²) in [5.41, 5.74) is 8.62. The molecule has 2 heterocycles. The maximum Gasteiger partial charge on any atom is 0.256 e. The Kier molecular flexibility index (Phi) is 9.81. The molecule has 2 atom stereocenters. The quantitative estimate of drug-likeness (QED) is 0.396. The van der Waals surface area contributed by atoms with Gasteiger partial charge in [-0.1, -0.05) is 24.3 Å². The lowest BCUT2D eigenvalue weighted by Gasteiger charge is -2.43. The van der Waals surface area contributed by atoms with E-state index in [2.05, 4.69) is 21.3 Å². The fourth-order valence-corrected chi connectivity index (χ4v) is 6.13. The average Bonchev–Trinajstić information content (AvgIpc) is 3.02. The topological polar surface area (TPSA) is 101 Å². The van der Waals surface area contributed by atoms with E-state index in [1.807, 2.05) is 18.2 Å². The zero-order valence-electron chi connectivity index (χ0n) is 24.1. The van der Waals surface area contributed by atoms with Crippen LogP contribution in [0.1, 0.15) is 60.0 Å². The summed E-state index contributed by atoms with van der Waals surface area (Å²) in [4.78, 5) is 35.7. The van der Waals surface area contributed by atoms with Gasteiger partial charge in [-0.05, 0) is 86.1 Å². The van der Waals surface area contributed by atoms with Crippen LogP contribution in [-0.4, -0.2) is 64.4 Å². The van der Waals surface area contributed by atoms with Crippen molar-refractivity contribution in [1.29, 1.82) is 0 Å². The number of carbonyl (C=O) groups excluding carboxylic acids is 2. The number of rotatable bonds is 9. The molecule has 5 rings (SSSR count). The van der Waals surface area contributed by atoms with Crippen molar-refractivity contribution in [3.8, 4) is 5.75 Å². The molecule has 2 aliphatic rings. The van der Waals surface area contributed by atoms with Crippen molar-refractivity contribution in [3.05, 3.63) is 95.6 Å². The smallest absolute Gasteiger partial charge is 0.256 e. The Morgan fingerprint density at radius 1 is 1.02 bits per heavy atom. The van der Waals surface area contributed by atoms with Crippen LogP contribution in [0.4, 0.5) is 4.39 Å². The Bertz CT molecular complexity index is 1330. The van der Waals surface area contributed by atoms with Crippen molar-refractivity contribution in [2.45, 2.75) is 75.8 Å². The highest BCUT2D eigenvalue weighted by Gasteiger charge is 2.39. The molecule has 3 aromatic rings. The molecule has 1 unspecified atom stereocenters. The molecule has 0 spiro atoms. The van der Waals surface area contributed by atoms with Gasteiger partial charge in [-0.15, -0.1) is 0 Å². The van der Waals surface area contributed by atoms with Gasteiger partial charge in [0, 0.05) is 50.2 Å². The summed E-state index contributed by atoms with van der Waals surface area (Å²) in [6.45, 7) is 1.63. The Hall–Kier alpha value is -3.82. The first-order valence-corrected chi connectivity index (χ1v) is 14.8. The van der Waals surface area contributed by atoms with Gasteiger partial charge in [0.15, 0.2) is 0 Å². The van der Waals surface area contributed by atoms with E-state index in [1.165, 1.54) is 12.1 Å². The van der Waals surface area contributed by atoms with Crippen molar-refractivity contribution in [2.75, 3.05) is 13.7 Å². The van der Waals surface area contributed by atoms with E-state index < -0.39 is 6.04 Å². The molecule has 42 heavy (non-hydrogen) atoms. The van der Waals surface area contributed by atoms with Crippen LogP contribution < -0.4 is 15.8 Å². The molecule has 1 saturated heterocycles. The Morgan fingerprint density at radius 2 is 1.79 bits per heavy atom. The van der Waals surface area contributed by atoms with E-state index >= 15 is 0 Å². The minimum atomic E-state index is -0.631. The molecule has 2 aromatic carbocycles. The second-order valence-electron chi connectivity index (χ2n) is 11.4. The number of benzene rings is 2. The SMILES string of the molecule is COc1cccc(CN(Cc2ccc(F)cc2)C2CCN(C(=O)c3cccnc3)[C@@H](C(=O)NC3CCC(N)CC3)C2)c1. The average molecular weight is 574 g/mol. The molecule has 2 fully saturated rings. The zero-order chi connectivity index (χ0) is 29.5. The summed E-state index contributed by atoms with van der Waals surface area (Å²) in [6, 6.07) is 17.6. The Morgan fingerprint density at radius 3 is 2.50 bits per heavy atom. The summed E-state index contributed by atoms with van der Waals surface area (Å²) < 4.78 is 19.2. The molecular formula is C33H40FN5O3. The number of piperidine rings is 1. The predicted octanol–water partition coefficient (Wildman–Crippen LogP) is 4.29. The third kappa shape index (κ3) is 7.52. The van der Waals surface area contributed by atoms with Gasteiger partial charge in [-0.2, -0.15) is 0 Å². The summed E-state index contributed by atoms with van der Waals surface area (Å²) in [5.74, 6) is 0.182. The Balaban J connectivity index is 1.40. The minimum absolute atomic E-state index is 0.00901. The highest BCUT2D eigenvalue weighted by molar-refractivity contribution is 5.97. The Labute approximate surface area is 247 Å². The van der Waals surface area contributed by atoms with Gasteiger partial charge in [0.1, 0.15) is 17.6 Å². The van der Waals surface area contributed by atoms with Crippen molar-refractivity contribution in [1.82, 2.24) is 20.1 Å². The lowest BCUT2D eigenvalue weighted by molar-refractivity contribution is -0.128. The van der Waals surface area contributed by atoms with Gasteiger partial charge >= 0.3 is 0 Å². The molecule has 1 saturated carbocycles. The van der Waals surface area contributed by atoms with E-state index in [1.54, 1.807) is 48.7 Å². The maximum atomic E-state index is 13.9. The number of nitrogens with two attached hydrogens (primary N) is 1. The van der Waals surface area contributed by atoms with Gasteiger partial charge in [-0.3, -0.25) is 19.5 Å². The molecule has 0 bridgehead atoms. The van der Waals surface area contributed by atoms with Gasteiger partial charge in [0.05, 0.1) is 12.7 Å². The van der Waals surface area contributed by atoms with Crippen LogP contribution in [0.15, 0.2) is 73.1 Å². The molecular weight excluding hydrogens is 533 g/mol. The third-order valence-electron chi connectivity index (χ3n) is 8.50. The number of ether oxygens (including phenoxy) is 1. The number of likely N-dealkylation sites (tertiary alicyclic amines) is 1. The summed E-state index contributed by atoms with van der Waals surface area (Å²) in [7, 11) is 1.65. The van der Waals surface area contributed by atoms with Crippen molar-refractivity contribution >= 4 is 11.8 Å². The van der Waals surface area contributed by atoms with E-state index in [9.17, 15) is 14.0 Å². The molecule has 1 aliphatic heterocycles. The monoisotopic (exact) mass is 573 g/mol. The van der Waals surface area contributed by atoms with Crippen LogP contribution in [0, 0.1) is 5.82 Å². The second-order valence-corrected chi connectivity index (χ2v) is 11.4. The number of hydrogen-bond acceptors (Lipinski definition) is 6. The number of pyridine rings is 1. The normalized spacial score (nSPS) is 22.5. The number of amides is 2. The molecule has 0 radical (unpaired) electrons. The van der Waals surface area contributed by atoms with Gasteiger partial charge in [0.25, 0.3) is 5.91 Å². The molecule has 1 aromatic heterocycles. The van der Waals surface area contributed by atoms with E-state index in [4.69, 9.17) is 10.5 Å². The van der Waals surface area contributed by atoms with Crippen LogP contribution in [0.5, 0.6) is 5.75 Å². The first kappa shape index (κ1) is 29.7. The largest absolute Gasteiger partial charge is 0.497 e. The van der Waals surface area contributed by atoms with Crippen molar-refractivity contribution in [2.24, 2.45) is 5.73 Å². The lowest BCUT2D eigenvalue weighted by atomic mass is 9.90. The molecule has 222 valence electrons. The lowest BCUT2D eigenvalue weighted by Crippen LogP contribution is -2.58. The minimum Gasteiger partial charge on any atom is -0.497 e. The van der Waals surface area contributed by atoms with Crippen LogP contribution in [-0.2, 0) is 17.9 Å². The fourth-order valence-electron chi connectivity index (χ4n) is 6.13. The number of nitrogens with one attached hydrogen (secondary N) is 1. The number of halogens is 1. The summed E-state index contributed by atoms with van der Waals surface area (Å²) in [5, 5.41) is 3.24. The second kappa shape index (κ2) is 13.9. The van der Waals surface area contributed by atoms with Crippen LogP contribution >= 0.6 is 0 Å². The van der Waals surface area contributed by atoms with Crippen LogP contribution in [0.2, 0.25) is 0 Å². The number of carbonyl (C=O) groups is 2. The first-order chi connectivity index (χ1) is 20.4. The number of nitrogens with zero attached hydrogens (tertiary/aromatic N) is 3. The summed E-state index contributed by atoms with van der Waals surface area (Å²) in [6.07, 6.45) is 7.79. The molecule has 8 nitrogen and oxygen atoms in total. The number of aromatic nitrogens is 1. The highest BCUT2D eigenvalue weighted by Crippen LogP contribution is 2.28. The van der Waals surface area contributed by atoms with Gasteiger partial charge < -0.3 is 20.7 Å². The standard InChI is InChI=1S/C33H40FN5O3/c1-42-30-6-2-4-24(18-30)22-38(21-23-7-9-26(34)10-8-23)29-15-17-39(33(41)25-5-3-16-36-20-25)31(19-29)32(40)37-28-13-11-27(35)12-14-28/h2-10,16,18,20,27-29,31H,11-15,17,19,21-22,35H2,1H3,(H,37,40)/t27?,28?,29?,31-/m1/s1. The molecule has 3 N–H and O–H groups in total. The maximum absolute atomic E-state index is 13.9. The van der Waals surface area contributed by atoms with E-state index in [0.717, 1.165) is 42.6 Å². The zero-order valence-corrected chi connectivity index (χ0v) is 24.1.